The van der Waals surface area contributed by atoms with E-state index >= 15 is 0 Å². The van der Waals surface area contributed by atoms with Crippen LogP contribution in [-0.4, -0.2) is 28.6 Å². The monoisotopic (exact) mass is 415 g/mol. The quantitative estimate of drug-likeness (QED) is 0.627. The number of hydrogen-bond donors (Lipinski definition) is 1. The van der Waals surface area contributed by atoms with E-state index in [-0.39, 0.29) is 6.04 Å². The van der Waals surface area contributed by atoms with Gasteiger partial charge in [0, 0.05) is 20.6 Å². The highest BCUT2D eigenvalue weighted by Gasteiger charge is 2.37. The zero-order chi connectivity index (χ0) is 17.4. The van der Waals surface area contributed by atoms with Gasteiger partial charge in [0.1, 0.15) is 6.04 Å². The summed E-state index contributed by atoms with van der Waals surface area (Å²) in [6, 6.07) is 18.4. The van der Waals surface area contributed by atoms with Crippen molar-refractivity contribution in [1.29, 1.82) is 0 Å². The molecule has 0 aliphatic carbocycles. The summed E-state index contributed by atoms with van der Waals surface area (Å²) in [4.78, 5) is 15.1. The Hall–Kier alpha value is -1.69. The number of rotatable bonds is 4. The molecule has 5 heteroatoms. The third-order valence-electron chi connectivity index (χ3n) is 4.81. The Morgan fingerprint density at radius 2 is 1.96 bits per heavy atom. The first-order valence-corrected chi connectivity index (χ1v) is 9.97. The molecule has 3 nitrogen and oxygen atoms in total. The van der Waals surface area contributed by atoms with Crippen molar-refractivity contribution >= 4 is 43.3 Å². The fourth-order valence-electron chi connectivity index (χ4n) is 3.66. The Morgan fingerprint density at radius 1 is 1.20 bits per heavy atom. The van der Waals surface area contributed by atoms with E-state index in [1.54, 1.807) is 11.3 Å². The molecule has 2 heterocycles. The summed E-state index contributed by atoms with van der Waals surface area (Å²) in [6.45, 7) is 0.811. The summed E-state index contributed by atoms with van der Waals surface area (Å²) in [6.07, 6.45) is 1.64. The Kier molecular flexibility index (Phi) is 4.63. The van der Waals surface area contributed by atoms with Crippen LogP contribution in [0.4, 0.5) is 0 Å². The second kappa shape index (κ2) is 6.90. The smallest absolute Gasteiger partial charge is 0.320 e. The average Bonchev–Trinajstić information content (AvgIpc) is 3.24. The van der Waals surface area contributed by atoms with Crippen LogP contribution in [0.15, 0.2) is 59.1 Å². The number of carboxylic acids is 1. The molecule has 2 aromatic carbocycles. The molecule has 2 atom stereocenters. The first-order chi connectivity index (χ1) is 12.1. The number of aliphatic carboxylic acids is 1. The van der Waals surface area contributed by atoms with Crippen LogP contribution in [-0.2, 0) is 4.79 Å². The van der Waals surface area contributed by atoms with Crippen molar-refractivity contribution < 1.29 is 9.90 Å². The first kappa shape index (κ1) is 16.8. The first-order valence-electron chi connectivity index (χ1n) is 8.36. The van der Waals surface area contributed by atoms with Crippen LogP contribution in [0.3, 0.4) is 0 Å². The van der Waals surface area contributed by atoms with Crippen LogP contribution in [0.25, 0.3) is 10.1 Å². The van der Waals surface area contributed by atoms with Gasteiger partial charge >= 0.3 is 5.97 Å². The van der Waals surface area contributed by atoms with Crippen LogP contribution in [0.1, 0.15) is 29.3 Å². The minimum absolute atomic E-state index is 0.0194. The molecule has 25 heavy (non-hydrogen) atoms. The van der Waals surface area contributed by atoms with Gasteiger partial charge in [-0.25, -0.2) is 0 Å². The molecule has 0 spiro atoms. The van der Waals surface area contributed by atoms with Gasteiger partial charge in [0.25, 0.3) is 0 Å². The predicted octanol–water partition coefficient (Wildman–Crippen LogP) is 5.30. The highest BCUT2D eigenvalue weighted by Crippen LogP contribution is 2.40. The predicted molar refractivity (Wildman–Crippen MR) is 105 cm³/mol. The van der Waals surface area contributed by atoms with Crippen LogP contribution in [0, 0.1) is 0 Å². The molecule has 2 unspecified atom stereocenters. The molecule has 1 fully saturated rings. The maximum Gasteiger partial charge on any atom is 0.320 e. The van der Waals surface area contributed by atoms with Gasteiger partial charge in [-0.15, -0.1) is 11.3 Å². The molecule has 1 saturated heterocycles. The number of likely N-dealkylation sites (tertiary alicyclic amines) is 1. The maximum absolute atomic E-state index is 11.8. The Balaban J connectivity index is 1.83. The second-order valence-electron chi connectivity index (χ2n) is 6.37. The van der Waals surface area contributed by atoms with Crippen LogP contribution in [0.2, 0.25) is 0 Å². The standard InChI is InChI=1S/C20H18BrNO2S/c21-15-9-7-13(8-10-15)19(22-11-3-5-16(22)20(23)24)18-12-14-4-1-2-6-17(14)25-18/h1-2,4,6-10,12,16,19H,3,5,11H2,(H,23,24). The second-order valence-corrected chi connectivity index (χ2v) is 8.41. The summed E-state index contributed by atoms with van der Waals surface area (Å²) < 4.78 is 2.27. The highest BCUT2D eigenvalue weighted by molar-refractivity contribution is 9.10. The summed E-state index contributed by atoms with van der Waals surface area (Å²) in [5, 5.41) is 10.9. The summed E-state index contributed by atoms with van der Waals surface area (Å²) >= 11 is 5.25. The SMILES string of the molecule is O=C(O)C1CCCN1C(c1ccc(Br)cc1)c1cc2ccccc2s1. The zero-order valence-corrected chi connectivity index (χ0v) is 16.0. The molecule has 1 aliphatic rings. The Morgan fingerprint density at radius 3 is 2.68 bits per heavy atom. The number of fused-ring (bicyclic) bond motifs is 1. The molecular formula is C20H18BrNO2S. The zero-order valence-electron chi connectivity index (χ0n) is 13.6. The van der Waals surface area contributed by atoms with Crippen molar-refractivity contribution in [3.63, 3.8) is 0 Å². The van der Waals surface area contributed by atoms with Crippen molar-refractivity contribution in [1.82, 2.24) is 4.90 Å². The van der Waals surface area contributed by atoms with E-state index in [1.165, 1.54) is 15.0 Å². The lowest BCUT2D eigenvalue weighted by Gasteiger charge is -2.31. The van der Waals surface area contributed by atoms with Crippen LogP contribution >= 0.6 is 27.3 Å². The van der Waals surface area contributed by atoms with Gasteiger partial charge in [-0.2, -0.15) is 0 Å². The van der Waals surface area contributed by atoms with Gasteiger partial charge < -0.3 is 5.11 Å². The largest absolute Gasteiger partial charge is 0.480 e. The van der Waals surface area contributed by atoms with Crippen LogP contribution in [0.5, 0.6) is 0 Å². The normalized spacial score (nSPS) is 19.3. The molecule has 1 N–H and O–H groups in total. The highest BCUT2D eigenvalue weighted by atomic mass is 79.9. The van der Waals surface area contributed by atoms with E-state index in [1.807, 2.05) is 24.3 Å². The van der Waals surface area contributed by atoms with Crippen molar-refractivity contribution in [3.8, 4) is 0 Å². The van der Waals surface area contributed by atoms with Gasteiger partial charge in [-0.1, -0.05) is 46.3 Å². The molecule has 1 aliphatic heterocycles. The fourth-order valence-corrected chi connectivity index (χ4v) is 5.14. The third-order valence-corrected chi connectivity index (χ3v) is 6.51. The summed E-state index contributed by atoms with van der Waals surface area (Å²) in [7, 11) is 0. The number of halogens is 1. The Bertz CT molecular complexity index is 872. The van der Waals surface area contributed by atoms with Crippen molar-refractivity contribution in [2.24, 2.45) is 0 Å². The molecule has 0 radical (unpaired) electrons. The van der Waals surface area contributed by atoms with Crippen molar-refractivity contribution in [3.05, 3.63) is 69.5 Å². The summed E-state index contributed by atoms with van der Waals surface area (Å²) in [5.41, 5.74) is 1.14. The number of benzene rings is 2. The van der Waals surface area contributed by atoms with Crippen molar-refractivity contribution in [2.45, 2.75) is 24.9 Å². The van der Waals surface area contributed by atoms with Crippen LogP contribution < -0.4 is 0 Å². The molecule has 0 amide bonds. The number of hydrogen-bond acceptors (Lipinski definition) is 3. The molecule has 3 aromatic rings. The number of carbonyl (C=O) groups is 1. The molecule has 128 valence electrons. The topological polar surface area (TPSA) is 40.5 Å². The van der Waals surface area contributed by atoms with E-state index in [0.29, 0.717) is 6.42 Å². The van der Waals surface area contributed by atoms with E-state index in [0.717, 1.165) is 23.0 Å². The lowest BCUT2D eigenvalue weighted by atomic mass is 10.0. The van der Waals surface area contributed by atoms with Gasteiger partial charge in [0.05, 0.1) is 6.04 Å². The van der Waals surface area contributed by atoms with Gasteiger partial charge in [-0.05, 0) is 48.1 Å². The molecular weight excluding hydrogens is 398 g/mol. The molecule has 0 bridgehead atoms. The van der Waals surface area contributed by atoms with E-state index in [4.69, 9.17) is 0 Å². The van der Waals surface area contributed by atoms with E-state index < -0.39 is 12.0 Å². The van der Waals surface area contributed by atoms with Crippen molar-refractivity contribution in [2.75, 3.05) is 6.54 Å². The minimum atomic E-state index is -0.722. The average molecular weight is 416 g/mol. The number of carboxylic acid groups (broad SMARTS) is 1. The Labute approximate surface area is 159 Å². The van der Waals surface area contributed by atoms with Gasteiger partial charge in [0.15, 0.2) is 0 Å². The van der Waals surface area contributed by atoms with E-state index in [2.05, 4.69) is 51.2 Å². The fraction of sp³-hybridized carbons (Fsp3) is 0.250. The molecule has 1 aromatic heterocycles. The minimum Gasteiger partial charge on any atom is -0.480 e. The lowest BCUT2D eigenvalue weighted by Crippen LogP contribution is -2.38. The lowest BCUT2D eigenvalue weighted by molar-refractivity contribution is -0.142. The van der Waals surface area contributed by atoms with Gasteiger partial charge in [0.2, 0.25) is 0 Å². The third kappa shape index (κ3) is 3.24. The van der Waals surface area contributed by atoms with E-state index in [9.17, 15) is 9.90 Å². The molecule has 4 rings (SSSR count). The molecule has 0 saturated carbocycles. The number of thiophene rings is 1. The number of nitrogens with zero attached hydrogens (tertiary/aromatic N) is 1. The maximum atomic E-state index is 11.8. The van der Waals surface area contributed by atoms with Gasteiger partial charge in [-0.3, -0.25) is 9.69 Å². The summed E-state index contributed by atoms with van der Waals surface area (Å²) in [5.74, 6) is -0.722.